The summed E-state index contributed by atoms with van der Waals surface area (Å²) in [5.41, 5.74) is 0.651. The van der Waals surface area contributed by atoms with Gasteiger partial charge in [0.1, 0.15) is 0 Å². The fourth-order valence-corrected chi connectivity index (χ4v) is 11.1. The molecule has 0 spiro atoms. The molecule has 3 heteroatoms. The predicted octanol–water partition coefficient (Wildman–Crippen LogP) is 9.34. The normalized spacial score (nSPS) is 49.3. The SMILES string of the molecule is CCC(CC[C@@H](C)[C@H]1CC[C@H]2[C@@H]3C[C@@H](Cl)[C@@]4(Cl)C[C@@H](OC)CC[C@]4(C)[C@H]3CC[C@]12C)C(C)C. The lowest BCUT2D eigenvalue weighted by molar-refractivity contribution is -0.120. The third-order valence-corrected chi connectivity index (χ3v) is 13.8. The standard InChI is InChI=1S/C30H52Cl2O/c1-8-21(19(2)3)10-9-20(4)24-11-12-25-23-17-27(31)30(32)18-22(33-7)13-16-29(30,6)26(23)14-15-28(24,25)5/h19-27H,8-18H2,1-7H3/t20-,21?,22+,23+,24-,25+,26+,27-,28-,29-,30+/m1/s1. The number of alkyl halides is 2. The number of methoxy groups -OCH3 is 1. The second-order valence-corrected chi connectivity index (χ2v) is 14.9. The van der Waals surface area contributed by atoms with Crippen LogP contribution in [0.1, 0.15) is 112 Å². The Morgan fingerprint density at radius 2 is 1.70 bits per heavy atom. The maximum atomic E-state index is 7.52. The molecule has 0 aromatic heterocycles. The second-order valence-electron chi connectivity index (χ2n) is 13.7. The molecule has 4 aliphatic rings. The molecule has 0 aromatic rings. The summed E-state index contributed by atoms with van der Waals surface area (Å²) in [5.74, 6) is 5.79. The van der Waals surface area contributed by atoms with E-state index in [9.17, 15) is 0 Å². The maximum Gasteiger partial charge on any atom is 0.0690 e. The first-order chi connectivity index (χ1) is 15.5. The van der Waals surface area contributed by atoms with Crippen molar-refractivity contribution in [3.05, 3.63) is 0 Å². The van der Waals surface area contributed by atoms with Gasteiger partial charge in [-0.05, 0) is 110 Å². The van der Waals surface area contributed by atoms with Crippen molar-refractivity contribution in [2.75, 3.05) is 7.11 Å². The van der Waals surface area contributed by atoms with Crippen LogP contribution < -0.4 is 0 Å². The summed E-state index contributed by atoms with van der Waals surface area (Å²) in [7, 11) is 1.85. The molecule has 33 heavy (non-hydrogen) atoms. The van der Waals surface area contributed by atoms with Crippen molar-refractivity contribution in [2.24, 2.45) is 52.3 Å². The minimum Gasteiger partial charge on any atom is -0.381 e. The van der Waals surface area contributed by atoms with Gasteiger partial charge in [0.25, 0.3) is 0 Å². The van der Waals surface area contributed by atoms with Crippen LogP contribution in [-0.2, 0) is 4.74 Å². The smallest absolute Gasteiger partial charge is 0.0690 e. The van der Waals surface area contributed by atoms with E-state index < -0.39 is 0 Å². The van der Waals surface area contributed by atoms with Crippen molar-refractivity contribution < 1.29 is 4.74 Å². The topological polar surface area (TPSA) is 9.23 Å². The highest BCUT2D eigenvalue weighted by Gasteiger charge is 2.67. The Morgan fingerprint density at radius 3 is 2.33 bits per heavy atom. The van der Waals surface area contributed by atoms with Gasteiger partial charge in [0.15, 0.2) is 0 Å². The lowest BCUT2D eigenvalue weighted by atomic mass is 9.44. The van der Waals surface area contributed by atoms with Crippen molar-refractivity contribution >= 4 is 23.2 Å². The van der Waals surface area contributed by atoms with Crippen LogP contribution in [0, 0.1) is 52.3 Å². The first kappa shape index (κ1) is 26.6. The average Bonchev–Trinajstić information content (AvgIpc) is 3.12. The lowest BCUT2D eigenvalue weighted by Gasteiger charge is -2.65. The zero-order valence-electron chi connectivity index (χ0n) is 22.6. The molecule has 0 heterocycles. The molecule has 0 N–H and O–H groups in total. The summed E-state index contributed by atoms with van der Waals surface area (Å²) >= 11 is 14.8. The fourth-order valence-electron chi connectivity index (χ4n) is 10.0. The molecule has 4 aliphatic carbocycles. The Labute approximate surface area is 215 Å². The summed E-state index contributed by atoms with van der Waals surface area (Å²) < 4.78 is 5.78. The van der Waals surface area contributed by atoms with Crippen LogP contribution in [0.15, 0.2) is 0 Å². The number of rotatable bonds is 7. The average molecular weight is 500 g/mol. The summed E-state index contributed by atoms with van der Waals surface area (Å²) in [6.07, 6.45) is 14.4. The van der Waals surface area contributed by atoms with Gasteiger partial charge in [-0.1, -0.05) is 54.4 Å². The van der Waals surface area contributed by atoms with Gasteiger partial charge in [-0.3, -0.25) is 0 Å². The maximum absolute atomic E-state index is 7.52. The number of ether oxygens (including phenoxy) is 1. The van der Waals surface area contributed by atoms with Crippen LogP contribution in [0.4, 0.5) is 0 Å². The Hall–Kier alpha value is 0.540. The van der Waals surface area contributed by atoms with Crippen molar-refractivity contribution in [1.29, 1.82) is 0 Å². The zero-order chi connectivity index (χ0) is 24.2. The monoisotopic (exact) mass is 498 g/mol. The van der Waals surface area contributed by atoms with E-state index in [0.29, 0.717) is 5.41 Å². The Balaban J connectivity index is 1.51. The van der Waals surface area contributed by atoms with Gasteiger partial charge in [0, 0.05) is 7.11 Å². The number of halogens is 2. The third kappa shape index (κ3) is 4.25. The van der Waals surface area contributed by atoms with E-state index in [4.69, 9.17) is 27.9 Å². The van der Waals surface area contributed by atoms with Gasteiger partial charge in [-0.15, -0.1) is 23.2 Å². The zero-order valence-corrected chi connectivity index (χ0v) is 24.2. The first-order valence-corrected chi connectivity index (χ1v) is 15.2. The van der Waals surface area contributed by atoms with Crippen LogP contribution in [0.25, 0.3) is 0 Å². The van der Waals surface area contributed by atoms with E-state index >= 15 is 0 Å². The molecule has 0 aromatic carbocycles. The number of hydrogen-bond donors (Lipinski definition) is 0. The summed E-state index contributed by atoms with van der Waals surface area (Å²) in [5, 5.41) is 0.0681. The molecular formula is C30H52Cl2O. The van der Waals surface area contributed by atoms with Crippen LogP contribution in [0.3, 0.4) is 0 Å². The Kier molecular flexibility index (Phi) is 7.88. The molecule has 1 unspecified atom stereocenters. The van der Waals surface area contributed by atoms with Gasteiger partial charge < -0.3 is 4.74 Å². The molecule has 4 rings (SSSR count). The predicted molar refractivity (Wildman–Crippen MR) is 143 cm³/mol. The van der Waals surface area contributed by atoms with E-state index in [2.05, 4.69) is 41.5 Å². The van der Waals surface area contributed by atoms with E-state index in [0.717, 1.165) is 60.7 Å². The highest BCUT2D eigenvalue weighted by molar-refractivity contribution is 6.33. The van der Waals surface area contributed by atoms with Crippen molar-refractivity contribution in [3.63, 3.8) is 0 Å². The van der Waals surface area contributed by atoms with Gasteiger partial charge in [0.05, 0.1) is 16.4 Å². The molecule has 192 valence electrons. The highest BCUT2D eigenvalue weighted by Crippen LogP contribution is 2.71. The van der Waals surface area contributed by atoms with Crippen LogP contribution >= 0.6 is 23.2 Å². The molecular weight excluding hydrogens is 447 g/mol. The molecule has 4 fully saturated rings. The quantitative estimate of drug-likeness (QED) is 0.317. The van der Waals surface area contributed by atoms with Gasteiger partial charge in [-0.2, -0.15) is 0 Å². The minimum absolute atomic E-state index is 0.0681. The molecule has 0 bridgehead atoms. The minimum atomic E-state index is -0.306. The second kappa shape index (κ2) is 9.78. The van der Waals surface area contributed by atoms with Gasteiger partial charge >= 0.3 is 0 Å². The lowest BCUT2D eigenvalue weighted by Crippen LogP contribution is -2.65. The van der Waals surface area contributed by atoms with Crippen molar-refractivity contribution in [3.8, 4) is 0 Å². The van der Waals surface area contributed by atoms with Gasteiger partial charge in [-0.25, -0.2) is 0 Å². The highest BCUT2D eigenvalue weighted by atomic mass is 35.5. The Morgan fingerprint density at radius 1 is 0.970 bits per heavy atom. The van der Waals surface area contributed by atoms with Crippen LogP contribution in [0.2, 0.25) is 0 Å². The summed E-state index contributed by atoms with van der Waals surface area (Å²) in [6, 6.07) is 0. The largest absolute Gasteiger partial charge is 0.381 e. The number of hydrogen-bond acceptors (Lipinski definition) is 1. The summed E-state index contributed by atoms with van der Waals surface area (Å²) in [6.45, 7) is 15.0. The van der Waals surface area contributed by atoms with E-state index in [1.54, 1.807) is 0 Å². The molecule has 0 aliphatic heterocycles. The first-order valence-electron chi connectivity index (χ1n) is 14.4. The molecule has 0 saturated heterocycles. The summed E-state index contributed by atoms with van der Waals surface area (Å²) in [4.78, 5) is -0.306. The van der Waals surface area contributed by atoms with E-state index in [-0.39, 0.29) is 21.8 Å². The van der Waals surface area contributed by atoms with Gasteiger partial charge in [0.2, 0.25) is 0 Å². The Bertz CT molecular complexity index is 680. The van der Waals surface area contributed by atoms with E-state index in [1.807, 2.05) is 7.11 Å². The molecule has 11 atom stereocenters. The number of fused-ring (bicyclic) bond motifs is 5. The van der Waals surface area contributed by atoms with Crippen molar-refractivity contribution in [2.45, 2.75) is 129 Å². The van der Waals surface area contributed by atoms with E-state index in [1.165, 1.54) is 51.4 Å². The molecule has 0 amide bonds. The molecule has 1 nitrogen and oxygen atoms in total. The molecule has 4 saturated carbocycles. The van der Waals surface area contributed by atoms with Crippen molar-refractivity contribution in [1.82, 2.24) is 0 Å². The molecule has 0 radical (unpaired) electrons. The van der Waals surface area contributed by atoms with Crippen LogP contribution in [-0.4, -0.2) is 23.5 Å². The fraction of sp³-hybridized carbons (Fsp3) is 1.00. The van der Waals surface area contributed by atoms with Crippen LogP contribution in [0.5, 0.6) is 0 Å². The third-order valence-electron chi connectivity index (χ3n) is 12.2.